The van der Waals surface area contributed by atoms with Crippen molar-refractivity contribution in [3.63, 3.8) is 0 Å². The lowest BCUT2D eigenvalue weighted by Gasteiger charge is -2.51. The van der Waals surface area contributed by atoms with Gasteiger partial charge in [0.15, 0.2) is 0 Å². The third-order valence-corrected chi connectivity index (χ3v) is 4.28. The molecular weight excluding hydrogens is 246 g/mol. The lowest BCUT2D eigenvalue weighted by Crippen LogP contribution is -2.62. The Morgan fingerprint density at radius 3 is 2.78 bits per heavy atom. The first-order chi connectivity index (χ1) is 8.45. The molecule has 1 N–H and O–H groups in total. The summed E-state index contributed by atoms with van der Waals surface area (Å²) < 4.78 is 6.13. The first-order valence-electron chi connectivity index (χ1n) is 6.61. The molecular formula is C15H22ClNO. The summed E-state index contributed by atoms with van der Waals surface area (Å²) in [6, 6.07) is 6.36. The molecule has 1 saturated carbocycles. The van der Waals surface area contributed by atoms with Crippen LogP contribution in [0.25, 0.3) is 0 Å². The minimum absolute atomic E-state index is 0.171. The van der Waals surface area contributed by atoms with Crippen LogP contribution in [-0.4, -0.2) is 18.7 Å². The number of benzene rings is 1. The van der Waals surface area contributed by atoms with Crippen LogP contribution < -0.4 is 10.1 Å². The summed E-state index contributed by atoms with van der Waals surface area (Å²) in [6.07, 6.45) is 1.32. The van der Waals surface area contributed by atoms with Crippen molar-refractivity contribution in [2.45, 2.75) is 46.3 Å². The maximum Gasteiger partial charge on any atom is 0.124 e. The highest BCUT2D eigenvalue weighted by molar-refractivity contribution is 6.30. The molecule has 2 atom stereocenters. The molecule has 18 heavy (non-hydrogen) atoms. The lowest BCUT2D eigenvalue weighted by atomic mass is 9.64. The van der Waals surface area contributed by atoms with Crippen LogP contribution in [0.2, 0.25) is 5.02 Å². The summed E-state index contributed by atoms with van der Waals surface area (Å²) in [7, 11) is 0. The van der Waals surface area contributed by atoms with Crippen LogP contribution in [-0.2, 0) is 0 Å². The van der Waals surface area contributed by atoms with Gasteiger partial charge in [0.25, 0.3) is 0 Å². The summed E-state index contributed by atoms with van der Waals surface area (Å²) in [5, 5.41) is 4.24. The smallest absolute Gasteiger partial charge is 0.124 e. The zero-order chi connectivity index (χ0) is 13.3. The van der Waals surface area contributed by atoms with Gasteiger partial charge in [-0.2, -0.15) is 0 Å². The molecule has 0 bridgehead atoms. The average molecular weight is 268 g/mol. The van der Waals surface area contributed by atoms with Crippen molar-refractivity contribution >= 4 is 11.6 Å². The molecule has 0 radical (unpaired) electrons. The van der Waals surface area contributed by atoms with Gasteiger partial charge in [-0.25, -0.2) is 0 Å². The van der Waals surface area contributed by atoms with Gasteiger partial charge in [0.1, 0.15) is 11.9 Å². The van der Waals surface area contributed by atoms with E-state index in [-0.39, 0.29) is 11.5 Å². The summed E-state index contributed by atoms with van der Waals surface area (Å²) in [5.74, 6) is 0.913. The monoisotopic (exact) mass is 267 g/mol. The van der Waals surface area contributed by atoms with E-state index in [1.165, 1.54) is 0 Å². The molecule has 0 spiro atoms. The summed E-state index contributed by atoms with van der Waals surface area (Å²) >= 11 is 6.02. The van der Waals surface area contributed by atoms with E-state index in [1.54, 1.807) is 0 Å². The first kappa shape index (κ1) is 13.7. The fraction of sp³-hybridized carbons (Fsp3) is 0.600. The van der Waals surface area contributed by atoms with Gasteiger partial charge >= 0.3 is 0 Å². The number of nitrogens with one attached hydrogen (secondary N) is 1. The second-order valence-electron chi connectivity index (χ2n) is 5.68. The van der Waals surface area contributed by atoms with E-state index < -0.39 is 0 Å². The van der Waals surface area contributed by atoms with Crippen molar-refractivity contribution in [1.82, 2.24) is 5.32 Å². The summed E-state index contributed by atoms with van der Waals surface area (Å²) in [6.45, 7) is 9.73. The Morgan fingerprint density at radius 1 is 1.44 bits per heavy atom. The molecule has 2 unspecified atom stereocenters. The molecule has 0 amide bonds. The highest BCUT2D eigenvalue weighted by atomic mass is 35.5. The van der Waals surface area contributed by atoms with E-state index in [0.717, 1.165) is 29.3 Å². The van der Waals surface area contributed by atoms with E-state index in [2.05, 4.69) is 33.0 Å². The average Bonchev–Trinajstić information content (AvgIpc) is 2.32. The van der Waals surface area contributed by atoms with Crippen molar-refractivity contribution in [3.05, 3.63) is 28.8 Å². The maximum atomic E-state index is 6.13. The maximum absolute atomic E-state index is 6.13. The van der Waals surface area contributed by atoms with Gasteiger partial charge in [0.05, 0.1) is 0 Å². The van der Waals surface area contributed by atoms with Crippen LogP contribution in [0.4, 0.5) is 0 Å². The van der Waals surface area contributed by atoms with Crippen molar-refractivity contribution < 1.29 is 4.74 Å². The molecule has 2 nitrogen and oxygen atoms in total. The van der Waals surface area contributed by atoms with E-state index >= 15 is 0 Å². The van der Waals surface area contributed by atoms with Gasteiger partial charge in [-0.1, -0.05) is 38.4 Å². The SMILES string of the molecule is CCNC1CC(Oc2cc(Cl)ccc2C)C1(C)C. The molecule has 1 aromatic rings. The van der Waals surface area contributed by atoms with Crippen LogP contribution in [0.1, 0.15) is 32.8 Å². The molecule has 3 heteroatoms. The van der Waals surface area contributed by atoms with Gasteiger partial charge < -0.3 is 10.1 Å². The second-order valence-corrected chi connectivity index (χ2v) is 6.12. The molecule has 1 aromatic carbocycles. The Bertz CT molecular complexity index is 431. The number of hydrogen-bond acceptors (Lipinski definition) is 2. The minimum Gasteiger partial charge on any atom is -0.489 e. The van der Waals surface area contributed by atoms with Gasteiger partial charge in [-0.05, 0) is 31.2 Å². The fourth-order valence-corrected chi connectivity index (χ4v) is 2.69. The second kappa shape index (κ2) is 5.10. The van der Waals surface area contributed by atoms with Gasteiger partial charge in [-0.3, -0.25) is 0 Å². The number of rotatable bonds is 4. The number of ether oxygens (including phenoxy) is 1. The quantitative estimate of drug-likeness (QED) is 0.896. The Balaban J connectivity index is 2.05. The molecule has 1 aliphatic rings. The highest BCUT2D eigenvalue weighted by Gasteiger charge is 2.49. The molecule has 0 saturated heterocycles. The topological polar surface area (TPSA) is 21.3 Å². The van der Waals surface area contributed by atoms with Gasteiger partial charge in [0.2, 0.25) is 0 Å². The van der Waals surface area contributed by atoms with Crippen molar-refractivity contribution in [2.24, 2.45) is 5.41 Å². The van der Waals surface area contributed by atoms with Crippen LogP contribution >= 0.6 is 11.6 Å². The molecule has 0 aliphatic heterocycles. The lowest BCUT2D eigenvalue weighted by molar-refractivity contribution is -0.0544. The standard InChI is InChI=1S/C15H22ClNO/c1-5-17-13-9-14(15(13,3)4)18-12-8-11(16)7-6-10(12)2/h6-8,13-14,17H,5,9H2,1-4H3. The predicted molar refractivity (Wildman–Crippen MR) is 76.5 cm³/mol. The van der Waals surface area contributed by atoms with Crippen molar-refractivity contribution in [2.75, 3.05) is 6.54 Å². The first-order valence-corrected chi connectivity index (χ1v) is 6.99. The normalized spacial score (nSPS) is 25.6. The Hall–Kier alpha value is -0.730. The molecule has 1 fully saturated rings. The number of hydrogen-bond donors (Lipinski definition) is 1. The highest BCUT2D eigenvalue weighted by Crippen LogP contribution is 2.43. The third-order valence-electron chi connectivity index (χ3n) is 4.05. The van der Waals surface area contributed by atoms with Gasteiger partial charge in [-0.15, -0.1) is 0 Å². The summed E-state index contributed by atoms with van der Waals surface area (Å²) in [4.78, 5) is 0. The van der Waals surface area contributed by atoms with Crippen LogP contribution in [0, 0.1) is 12.3 Å². The molecule has 0 heterocycles. The van der Waals surface area contributed by atoms with Crippen LogP contribution in [0.5, 0.6) is 5.75 Å². The Labute approximate surface area is 115 Å². The molecule has 100 valence electrons. The molecule has 2 rings (SSSR count). The van der Waals surface area contributed by atoms with E-state index in [1.807, 2.05) is 18.2 Å². The molecule has 0 aromatic heterocycles. The minimum atomic E-state index is 0.171. The Kier molecular flexibility index (Phi) is 3.88. The summed E-state index contributed by atoms with van der Waals surface area (Å²) in [5.41, 5.74) is 1.31. The zero-order valence-electron chi connectivity index (χ0n) is 11.6. The van der Waals surface area contributed by atoms with E-state index in [4.69, 9.17) is 16.3 Å². The van der Waals surface area contributed by atoms with Crippen molar-refractivity contribution in [3.8, 4) is 5.75 Å². The van der Waals surface area contributed by atoms with Gasteiger partial charge in [0, 0.05) is 22.9 Å². The molecule has 1 aliphatic carbocycles. The fourth-order valence-electron chi connectivity index (χ4n) is 2.53. The zero-order valence-corrected chi connectivity index (χ0v) is 12.3. The third kappa shape index (κ3) is 2.50. The largest absolute Gasteiger partial charge is 0.489 e. The predicted octanol–water partition coefficient (Wildman–Crippen LogP) is 3.80. The van der Waals surface area contributed by atoms with Crippen molar-refractivity contribution in [1.29, 1.82) is 0 Å². The Morgan fingerprint density at radius 2 is 2.17 bits per heavy atom. The van der Waals surface area contributed by atoms with Crippen LogP contribution in [0.15, 0.2) is 18.2 Å². The number of aryl methyl sites for hydroxylation is 1. The van der Waals surface area contributed by atoms with Crippen LogP contribution in [0.3, 0.4) is 0 Å². The van der Waals surface area contributed by atoms with E-state index in [9.17, 15) is 0 Å². The van der Waals surface area contributed by atoms with E-state index in [0.29, 0.717) is 6.04 Å². The number of halogens is 1.